The third-order valence-electron chi connectivity index (χ3n) is 7.23. The first kappa shape index (κ1) is 27.4. The first-order chi connectivity index (χ1) is 17.9. The number of esters is 1. The van der Waals surface area contributed by atoms with Gasteiger partial charge >= 0.3 is 5.97 Å². The van der Waals surface area contributed by atoms with Crippen LogP contribution in [0.4, 0.5) is 5.69 Å². The number of carbonyl (C=O) groups excluding carboxylic acids is 1. The van der Waals surface area contributed by atoms with Crippen LogP contribution in [-0.4, -0.2) is 65.1 Å². The highest BCUT2D eigenvalue weighted by Gasteiger charge is 2.46. The van der Waals surface area contributed by atoms with E-state index in [1.807, 2.05) is 18.2 Å². The van der Waals surface area contributed by atoms with Crippen LogP contribution in [0.15, 0.2) is 42.5 Å². The molecule has 4 rings (SSSR count). The molecule has 2 aliphatic heterocycles. The lowest BCUT2D eigenvalue weighted by Crippen LogP contribution is -2.60. The second-order valence-corrected chi connectivity index (χ2v) is 9.94. The summed E-state index contributed by atoms with van der Waals surface area (Å²) in [5.41, 5.74) is 4.46. The zero-order valence-electron chi connectivity index (χ0n) is 21.6. The van der Waals surface area contributed by atoms with Gasteiger partial charge in [-0.2, -0.15) is 0 Å². The molecule has 0 amide bonds. The number of benzene rings is 2. The first-order valence-corrected chi connectivity index (χ1v) is 13.4. The highest BCUT2D eigenvalue weighted by atomic mass is 16.7. The van der Waals surface area contributed by atoms with Crippen molar-refractivity contribution in [2.75, 3.05) is 18.5 Å². The van der Waals surface area contributed by atoms with Crippen LogP contribution in [0.1, 0.15) is 62.1 Å². The minimum absolute atomic E-state index is 0.148. The van der Waals surface area contributed by atoms with E-state index in [1.165, 1.54) is 11.1 Å². The van der Waals surface area contributed by atoms with Crippen molar-refractivity contribution in [2.45, 2.75) is 89.0 Å². The van der Waals surface area contributed by atoms with Gasteiger partial charge in [0.2, 0.25) is 6.29 Å². The number of ether oxygens (including phenoxy) is 3. The third kappa shape index (κ3) is 6.62. The largest absolute Gasteiger partial charge is 0.463 e. The molecule has 0 aliphatic carbocycles. The zero-order chi connectivity index (χ0) is 26.4. The number of aliphatic hydroxyl groups excluding tert-OH is 3. The number of unbranched alkanes of at least 4 members (excludes halogenated alkanes) is 2. The number of fused-ring (bicyclic) bond motifs is 1. The van der Waals surface area contributed by atoms with Gasteiger partial charge in [-0.3, -0.25) is 4.79 Å². The lowest BCUT2D eigenvalue weighted by molar-refractivity contribution is -0.278. The number of anilines is 1. The van der Waals surface area contributed by atoms with Gasteiger partial charge in [-0.1, -0.05) is 57.0 Å². The predicted molar refractivity (Wildman–Crippen MR) is 140 cm³/mol. The Morgan fingerprint density at radius 2 is 1.76 bits per heavy atom. The number of nitrogens with one attached hydrogen (secondary N) is 1. The quantitative estimate of drug-likeness (QED) is 0.267. The number of aliphatic hydroxyl groups is 3. The van der Waals surface area contributed by atoms with Gasteiger partial charge in [-0.05, 0) is 42.5 Å². The highest BCUT2D eigenvalue weighted by Crippen LogP contribution is 2.41. The number of carbonyl (C=O) groups is 1. The minimum Gasteiger partial charge on any atom is -0.463 e. The van der Waals surface area contributed by atoms with Crippen molar-refractivity contribution in [2.24, 2.45) is 0 Å². The summed E-state index contributed by atoms with van der Waals surface area (Å²) in [5.74, 6) is 0.305. The van der Waals surface area contributed by atoms with E-state index in [-0.39, 0.29) is 24.9 Å². The lowest BCUT2D eigenvalue weighted by atomic mass is 9.92. The Morgan fingerprint density at radius 3 is 2.49 bits per heavy atom. The molecule has 6 atom stereocenters. The smallest absolute Gasteiger partial charge is 0.305 e. The number of hydrogen-bond acceptors (Lipinski definition) is 8. The fourth-order valence-corrected chi connectivity index (χ4v) is 4.97. The van der Waals surface area contributed by atoms with E-state index in [9.17, 15) is 20.1 Å². The van der Waals surface area contributed by atoms with E-state index in [0.29, 0.717) is 5.75 Å². The molecule has 0 aromatic heterocycles. The van der Waals surface area contributed by atoms with E-state index in [4.69, 9.17) is 14.2 Å². The number of hydrogen-bond donors (Lipinski definition) is 4. The van der Waals surface area contributed by atoms with Crippen LogP contribution in [0.25, 0.3) is 0 Å². The topological polar surface area (TPSA) is 117 Å². The molecule has 0 radical (unpaired) electrons. The molecule has 2 aliphatic rings. The molecular weight excluding hydrogens is 474 g/mol. The molecule has 37 heavy (non-hydrogen) atoms. The van der Waals surface area contributed by atoms with Gasteiger partial charge in [0.1, 0.15) is 36.8 Å². The monoisotopic (exact) mass is 513 g/mol. The van der Waals surface area contributed by atoms with Crippen LogP contribution < -0.4 is 10.1 Å². The summed E-state index contributed by atoms with van der Waals surface area (Å²) in [6.07, 6.45) is -1.92. The van der Waals surface area contributed by atoms with Crippen molar-refractivity contribution >= 4 is 11.7 Å². The van der Waals surface area contributed by atoms with Crippen molar-refractivity contribution in [1.82, 2.24) is 0 Å². The van der Waals surface area contributed by atoms with Crippen molar-refractivity contribution < 1.29 is 34.3 Å². The number of rotatable bonds is 11. The van der Waals surface area contributed by atoms with Crippen LogP contribution in [0.3, 0.4) is 0 Å². The molecule has 4 N–H and O–H groups in total. The normalized spacial score (nSPS) is 26.8. The van der Waals surface area contributed by atoms with Crippen LogP contribution >= 0.6 is 0 Å². The molecule has 0 saturated carbocycles. The molecule has 2 aromatic rings. The summed E-state index contributed by atoms with van der Waals surface area (Å²) >= 11 is 0. The fraction of sp³-hybridized carbons (Fsp3) is 0.552. The Hall–Kier alpha value is -2.65. The molecule has 202 valence electrons. The highest BCUT2D eigenvalue weighted by molar-refractivity contribution is 5.69. The molecule has 8 nitrogen and oxygen atoms in total. The van der Waals surface area contributed by atoms with Crippen LogP contribution in [-0.2, 0) is 27.1 Å². The molecule has 2 heterocycles. The van der Waals surface area contributed by atoms with Crippen LogP contribution in [0, 0.1) is 0 Å². The van der Waals surface area contributed by atoms with Gasteiger partial charge in [-0.15, -0.1) is 0 Å². The molecule has 0 bridgehead atoms. The Labute approximate surface area is 218 Å². The molecular formula is C29H39NO7. The molecule has 1 saturated heterocycles. The van der Waals surface area contributed by atoms with E-state index in [2.05, 4.69) is 43.4 Å². The van der Waals surface area contributed by atoms with E-state index < -0.39 is 30.7 Å². The van der Waals surface area contributed by atoms with E-state index in [0.717, 1.165) is 49.9 Å². The van der Waals surface area contributed by atoms with Gasteiger partial charge in [0, 0.05) is 30.1 Å². The zero-order valence-corrected chi connectivity index (χ0v) is 21.6. The summed E-state index contributed by atoms with van der Waals surface area (Å²) in [5, 5.41) is 35.0. The maximum absolute atomic E-state index is 12.0. The lowest BCUT2D eigenvalue weighted by Gasteiger charge is -2.40. The second kappa shape index (κ2) is 12.7. The van der Waals surface area contributed by atoms with Crippen LogP contribution in [0.5, 0.6) is 5.75 Å². The molecule has 8 heteroatoms. The Balaban J connectivity index is 1.44. The van der Waals surface area contributed by atoms with E-state index >= 15 is 0 Å². The van der Waals surface area contributed by atoms with Gasteiger partial charge < -0.3 is 34.8 Å². The average molecular weight is 514 g/mol. The summed E-state index contributed by atoms with van der Waals surface area (Å²) in [4.78, 5) is 12.0. The molecule has 0 spiro atoms. The molecule has 1 unspecified atom stereocenters. The summed E-state index contributed by atoms with van der Waals surface area (Å²) in [7, 11) is 0. The summed E-state index contributed by atoms with van der Waals surface area (Å²) in [6, 6.07) is 14.3. The van der Waals surface area contributed by atoms with Crippen molar-refractivity contribution in [3.8, 4) is 5.75 Å². The van der Waals surface area contributed by atoms with Gasteiger partial charge in [0.15, 0.2) is 0 Å². The van der Waals surface area contributed by atoms with Gasteiger partial charge in [0.25, 0.3) is 0 Å². The Bertz CT molecular complexity index is 1030. The van der Waals surface area contributed by atoms with Gasteiger partial charge in [0.05, 0.1) is 0 Å². The standard InChI is InChI=1S/C29H39NO7/c1-3-5-6-10-24(31)35-17-23-26(32)27(33)28(34)29(37-23)36-22-9-7-8-21-25(22)20(16-30-21)15-19-13-11-18(4-2)12-14-19/h7-9,11-14,20,23,26-30,32-34H,3-6,10,15-17H2,1-2H3/t20?,23-,26-,27+,28-,29-/m1/s1. The van der Waals surface area contributed by atoms with Crippen molar-refractivity contribution in [3.05, 3.63) is 59.2 Å². The molecule has 1 fully saturated rings. The average Bonchev–Trinajstić information content (AvgIpc) is 3.32. The maximum Gasteiger partial charge on any atom is 0.305 e. The second-order valence-electron chi connectivity index (χ2n) is 9.94. The molecule has 2 aromatic carbocycles. The Morgan fingerprint density at radius 1 is 1.00 bits per heavy atom. The minimum atomic E-state index is -1.51. The van der Waals surface area contributed by atoms with E-state index in [1.54, 1.807) is 0 Å². The third-order valence-corrected chi connectivity index (χ3v) is 7.23. The summed E-state index contributed by atoms with van der Waals surface area (Å²) < 4.78 is 17.2. The van der Waals surface area contributed by atoms with Crippen molar-refractivity contribution in [1.29, 1.82) is 0 Å². The predicted octanol–water partition coefficient (Wildman–Crippen LogP) is 3.31. The fourth-order valence-electron chi connectivity index (χ4n) is 4.97. The van der Waals surface area contributed by atoms with Crippen LogP contribution in [0.2, 0.25) is 0 Å². The first-order valence-electron chi connectivity index (χ1n) is 13.4. The SMILES string of the molecule is CCCCCC(=O)OC[C@H]1O[C@@H](Oc2cccc3c2C(Cc2ccc(CC)cc2)CN3)[C@H](O)[C@@H](O)[C@@H]1O. The Kier molecular flexibility index (Phi) is 9.43. The van der Waals surface area contributed by atoms with Gasteiger partial charge in [-0.25, -0.2) is 0 Å². The maximum atomic E-state index is 12.0. The van der Waals surface area contributed by atoms with Crippen molar-refractivity contribution in [3.63, 3.8) is 0 Å². The number of aryl methyl sites for hydroxylation is 1. The summed E-state index contributed by atoms with van der Waals surface area (Å²) in [6.45, 7) is 4.70.